The molecule has 0 saturated carbocycles. The lowest BCUT2D eigenvalue weighted by Crippen LogP contribution is -2.29. The molecule has 1 aromatic carbocycles. The fourth-order valence-corrected chi connectivity index (χ4v) is 2.84. The Morgan fingerprint density at radius 3 is 2.61 bits per heavy atom. The van der Waals surface area contributed by atoms with Gasteiger partial charge in [0.15, 0.2) is 0 Å². The van der Waals surface area contributed by atoms with E-state index in [1.54, 1.807) is 49.7 Å². The number of rotatable bonds is 6. The van der Waals surface area contributed by atoms with E-state index < -0.39 is 0 Å². The van der Waals surface area contributed by atoms with Crippen molar-refractivity contribution in [3.05, 3.63) is 52.2 Å². The summed E-state index contributed by atoms with van der Waals surface area (Å²) in [6.07, 6.45) is 0. The van der Waals surface area contributed by atoms with Gasteiger partial charge in [-0.2, -0.15) is 11.3 Å². The van der Waals surface area contributed by atoms with Crippen LogP contribution >= 0.6 is 11.3 Å². The first-order chi connectivity index (χ1) is 11.0. The van der Waals surface area contributed by atoms with E-state index >= 15 is 0 Å². The van der Waals surface area contributed by atoms with E-state index in [0.717, 1.165) is 6.54 Å². The van der Waals surface area contributed by atoms with Gasteiger partial charge in [-0.25, -0.2) is 0 Å². The molecule has 122 valence electrons. The highest BCUT2D eigenvalue weighted by Gasteiger charge is 2.11. The van der Waals surface area contributed by atoms with Crippen LogP contribution < -0.4 is 5.32 Å². The first-order valence-corrected chi connectivity index (χ1v) is 8.21. The van der Waals surface area contributed by atoms with Gasteiger partial charge in [0.25, 0.3) is 5.91 Å². The molecule has 6 heteroatoms. The van der Waals surface area contributed by atoms with Crippen LogP contribution in [0.3, 0.4) is 0 Å². The molecule has 0 aliphatic rings. The molecular formula is C17H21N3O2S. The largest absolute Gasteiger partial charge is 0.345 e. The number of carbonyl (C=O) groups is 2. The third-order valence-electron chi connectivity index (χ3n) is 3.25. The molecular weight excluding hydrogens is 310 g/mol. The van der Waals surface area contributed by atoms with Crippen molar-refractivity contribution in [2.24, 2.45) is 0 Å². The van der Waals surface area contributed by atoms with Crippen molar-refractivity contribution in [2.45, 2.75) is 6.54 Å². The summed E-state index contributed by atoms with van der Waals surface area (Å²) in [5.41, 5.74) is 2.38. The van der Waals surface area contributed by atoms with Crippen LogP contribution in [0.15, 0.2) is 41.1 Å². The number of anilines is 1. The van der Waals surface area contributed by atoms with Crippen molar-refractivity contribution in [3.63, 3.8) is 0 Å². The fraction of sp³-hybridized carbons (Fsp3) is 0.294. The van der Waals surface area contributed by atoms with Crippen molar-refractivity contribution in [2.75, 3.05) is 33.0 Å². The predicted molar refractivity (Wildman–Crippen MR) is 93.7 cm³/mol. The van der Waals surface area contributed by atoms with E-state index in [0.29, 0.717) is 17.8 Å². The molecule has 0 atom stereocenters. The van der Waals surface area contributed by atoms with Crippen molar-refractivity contribution >= 4 is 28.8 Å². The van der Waals surface area contributed by atoms with Crippen molar-refractivity contribution in [1.82, 2.24) is 9.80 Å². The Kier molecular flexibility index (Phi) is 5.90. The first kappa shape index (κ1) is 17.2. The minimum atomic E-state index is -0.0998. The smallest absolute Gasteiger partial charge is 0.253 e. The fourth-order valence-electron chi connectivity index (χ4n) is 2.18. The van der Waals surface area contributed by atoms with E-state index in [1.165, 1.54) is 10.5 Å². The van der Waals surface area contributed by atoms with E-state index in [2.05, 4.69) is 16.8 Å². The van der Waals surface area contributed by atoms with Gasteiger partial charge in [0, 0.05) is 31.9 Å². The lowest BCUT2D eigenvalue weighted by atomic mass is 10.2. The van der Waals surface area contributed by atoms with Gasteiger partial charge >= 0.3 is 0 Å². The zero-order valence-electron chi connectivity index (χ0n) is 13.6. The summed E-state index contributed by atoms with van der Waals surface area (Å²) < 4.78 is 0. The number of carbonyl (C=O) groups excluding carboxylic acids is 2. The second-order valence-electron chi connectivity index (χ2n) is 5.63. The molecule has 0 aliphatic carbocycles. The number of hydrogen-bond acceptors (Lipinski definition) is 4. The normalized spacial score (nSPS) is 10.6. The van der Waals surface area contributed by atoms with Gasteiger partial charge in [0.05, 0.1) is 6.54 Å². The molecule has 0 fully saturated rings. The van der Waals surface area contributed by atoms with Crippen LogP contribution in [0.4, 0.5) is 5.69 Å². The van der Waals surface area contributed by atoms with Gasteiger partial charge in [0.2, 0.25) is 5.91 Å². The maximum atomic E-state index is 12.1. The SMILES string of the molecule is CN(CC(=O)Nc1cccc(C(=O)N(C)C)c1)Cc1ccsc1. The molecule has 2 amide bonds. The quantitative estimate of drug-likeness (QED) is 0.885. The standard InChI is InChI=1S/C17H21N3O2S/c1-19(2)17(22)14-5-4-6-15(9-14)18-16(21)11-20(3)10-13-7-8-23-12-13/h4-9,12H,10-11H2,1-3H3,(H,18,21). The van der Waals surface area contributed by atoms with Crippen LogP contribution in [0, 0.1) is 0 Å². The minimum absolute atomic E-state index is 0.0873. The number of likely N-dealkylation sites (N-methyl/N-ethyl adjacent to an activating group) is 1. The van der Waals surface area contributed by atoms with Gasteiger partial charge < -0.3 is 10.2 Å². The maximum Gasteiger partial charge on any atom is 0.253 e. The van der Waals surface area contributed by atoms with E-state index in [4.69, 9.17) is 0 Å². The van der Waals surface area contributed by atoms with E-state index in [9.17, 15) is 9.59 Å². The molecule has 1 N–H and O–H groups in total. The van der Waals surface area contributed by atoms with Crippen LogP contribution in [0.2, 0.25) is 0 Å². The third-order valence-corrected chi connectivity index (χ3v) is 3.98. The molecule has 2 rings (SSSR count). The summed E-state index contributed by atoms with van der Waals surface area (Å²) in [4.78, 5) is 27.5. The van der Waals surface area contributed by atoms with Gasteiger partial charge in [-0.1, -0.05) is 6.07 Å². The summed E-state index contributed by atoms with van der Waals surface area (Å²) in [5, 5.41) is 6.94. The summed E-state index contributed by atoms with van der Waals surface area (Å²) in [7, 11) is 5.31. The van der Waals surface area contributed by atoms with Crippen LogP contribution in [-0.4, -0.2) is 49.3 Å². The van der Waals surface area contributed by atoms with Crippen LogP contribution in [0.5, 0.6) is 0 Å². The van der Waals surface area contributed by atoms with E-state index in [-0.39, 0.29) is 11.8 Å². The summed E-state index contributed by atoms with van der Waals surface area (Å²) in [6.45, 7) is 1.03. The molecule has 5 nitrogen and oxygen atoms in total. The first-order valence-electron chi connectivity index (χ1n) is 7.27. The maximum absolute atomic E-state index is 12.1. The number of hydrogen-bond donors (Lipinski definition) is 1. The van der Waals surface area contributed by atoms with Gasteiger partial charge in [0.1, 0.15) is 0 Å². The molecule has 0 bridgehead atoms. The highest BCUT2D eigenvalue weighted by molar-refractivity contribution is 7.07. The minimum Gasteiger partial charge on any atom is -0.345 e. The Morgan fingerprint density at radius 1 is 1.17 bits per heavy atom. The molecule has 0 spiro atoms. The highest BCUT2D eigenvalue weighted by atomic mass is 32.1. The number of amides is 2. The predicted octanol–water partition coefficient (Wildman–Crippen LogP) is 2.52. The van der Waals surface area contributed by atoms with Crippen molar-refractivity contribution in [1.29, 1.82) is 0 Å². The topological polar surface area (TPSA) is 52.7 Å². The van der Waals surface area contributed by atoms with Crippen LogP contribution in [-0.2, 0) is 11.3 Å². The highest BCUT2D eigenvalue weighted by Crippen LogP contribution is 2.12. The second kappa shape index (κ2) is 7.89. The molecule has 1 heterocycles. The van der Waals surface area contributed by atoms with E-state index in [1.807, 2.05) is 17.3 Å². The monoisotopic (exact) mass is 331 g/mol. The molecule has 0 saturated heterocycles. The number of thiophene rings is 1. The van der Waals surface area contributed by atoms with Crippen LogP contribution in [0.1, 0.15) is 15.9 Å². The molecule has 0 aliphatic heterocycles. The number of benzene rings is 1. The Labute approximate surface area is 140 Å². The Morgan fingerprint density at radius 2 is 1.96 bits per heavy atom. The Bertz CT molecular complexity index is 668. The second-order valence-corrected chi connectivity index (χ2v) is 6.41. The Hall–Kier alpha value is -2.18. The number of nitrogens with zero attached hydrogens (tertiary/aromatic N) is 2. The van der Waals surface area contributed by atoms with Crippen molar-refractivity contribution in [3.8, 4) is 0 Å². The summed E-state index contributed by atoms with van der Waals surface area (Å²) in [6, 6.07) is 9.03. The van der Waals surface area contributed by atoms with Crippen LogP contribution in [0.25, 0.3) is 0 Å². The summed E-state index contributed by atoms with van der Waals surface area (Å²) in [5.74, 6) is -0.187. The Balaban J connectivity index is 1.92. The molecule has 23 heavy (non-hydrogen) atoms. The van der Waals surface area contributed by atoms with Gasteiger partial charge in [-0.05, 0) is 47.6 Å². The van der Waals surface area contributed by atoms with Gasteiger partial charge in [-0.15, -0.1) is 0 Å². The average Bonchev–Trinajstić information content (AvgIpc) is 2.99. The van der Waals surface area contributed by atoms with Crippen molar-refractivity contribution < 1.29 is 9.59 Å². The average molecular weight is 331 g/mol. The molecule has 1 aromatic heterocycles. The summed E-state index contributed by atoms with van der Waals surface area (Å²) >= 11 is 1.65. The zero-order valence-corrected chi connectivity index (χ0v) is 14.4. The molecule has 0 unspecified atom stereocenters. The molecule has 2 aromatic rings. The zero-order chi connectivity index (χ0) is 16.8. The van der Waals surface area contributed by atoms with Gasteiger partial charge in [-0.3, -0.25) is 14.5 Å². The molecule has 0 radical (unpaired) electrons. The lowest BCUT2D eigenvalue weighted by molar-refractivity contribution is -0.117. The number of nitrogens with one attached hydrogen (secondary N) is 1. The lowest BCUT2D eigenvalue weighted by Gasteiger charge is -2.16. The third kappa shape index (κ3) is 5.19.